The third-order valence-corrected chi connectivity index (χ3v) is 6.72. The normalized spacial score (nSPS) is 10.4. The molecule has 1 heteroatoms. The third kappa shape index (κ3) is 7.28. The van der Waals surface area contributed by atoms with E-state index in [4.69, 9.17) is 0 Å². The van der Waals surface area contributed by atoms with Crippen LogP contribution in [0.15, 0.2) is 121 Å². The fourth-order valence-corrected chi connectivity index (χ4v) is 4.26. The molecule has 0 aliphatic carbocycles. The highest BCUT2D eigenvalue weighted by Crippen LogP contribution is 2.22. The largest absolute Gasteiger partial charge is 0.376 e. The lowest BCUT2D eigenvalue weighted by Gasteiger charge is -2.11. The van der Waals surface area contributed by atoms with Crippen LogP contribution >= 0.6 is 0 Å². The molecule has 1 atom stereocenters. The Morgan fingerprint density at radius 3 is 1.31 bits per heavy atom. The zero-order chi connectivity index (χ0) is 29.1. The quantitative estimate of drug-likeness (QED) is 0.219. The molecule has 42 heavy (non-hydrogen) atoms. The van der Waals surface area contributed by atoms with Crippen LogP contribution in [-0.4, -0.2) is 5.11 Å². The number of hydrogen-bond donors (Lipinski definition) is 1. The highest BCUT2D eigenvalue weighted by Gasteiger charge is 2.11. The summed E-state index contributed by atoms with van der Waals surface area (Å²) in [6.45, 7) is 4.07. The van der Waals surface area contributed by atoms with E-state index in [1.165, 1.54) is 0 Å². The first kappa shape index (κ1) is 27.9. The molecule has 0 bridgehead atoms. The van der Waals surface area contributed by atoms with E-state index in [-0.39, 0.29) is 0 Å². The minimum absolute atomic E-state index is 0.679. The van der Waals surface area contributed by atoms with Crippen LogP contribution in [-0.2, 0) is 0 Å². The molecule has 0 spiro atoms. The second-order valence-electron chi connectivity index (χ2n) is 9.77. The molecule has 0 fully saturated rings. The second kappa shape index (κ2) is 13.6. The van der Waals surface area contributed by atoms with E-state index >= 15 is 0 Å². The Labute approximate surface area is 248 Å². The number of hydrogen-bond acceptors (Lipinski definition) is 1. The number of aryl methyl sites for hydroxylation is 2. The lowest BCUT2D eigenvalue weighted by atomic mass is 9.96. The van der Waals surface area contributed by atoms with E-state index in [1.54, 1.807) is 0 Å². The van der Waals surface area contributed by atoms with Crippen LogP contribution in [0.2, 0.25) is 0 Å². The zero-order valence-corrected chi connectivity index (χ0v) is 23.6. The van der Waals surface area contributed by atoms with Gasteiger partial charge in [0, 0.05) is 44.5 Å². The van der Waals surface area contributed by atoms with Gasteiger partial charge in [-0.15, -0.1) is 0 Å². The molecule has 5 aromatic carbocycles. The van der Waals surface area contributed by atoms with Gasteiger partial charge in [-0.05, 0) is 79.6 Å². The van der Waals surface area contributed by atoms with Gasteiger partial charge in [-0.3, -0.25) is 0 Å². The molecule has 5 aromatic rings. The molecule has 0 aromatic heterocycles. The van der Waals surface area contributed by atoms with Crippen LogP contribution in [0.3, 0.4) is 0 Å². The minimum atomic E-state index is -1.02. The number of rotatable bonds is 1. The summed E-state index contributed by atoms with van der Waals surface area (Å²) in [4.78, 5) is 0. The minimum Gasteiger partial charge on any atom is -0.376 e. The standard InChI is InChI=1S/C41H28O/c1-31-29-39(26-25-37-19-11-9-17-35(37)23-21-33-13-5-3-6-14-33)40(30-32(31)2)41(42)28-27-38-20-12-10-18-36(38)24-22-34-15-7-4-8-16-34/h3-20,29-30,41-42H,1-2H3. The summed E-state index contributed by atoms with van der Waals surface area (Å²) in [5.74, 6) is 25.7. The van der Waals surface area contributed by atoms with Crippen LogP contribution in [0, 0.1) is 61.2 Å². The molecular weight excluding hydrogens is 508 g/mol. The molecule has 1 nitrogen and oxygen atoms in total. The zero-order valence-electron chi connectivity index (χ0n) is 23.6. The van der Waals surface area contributed by atoms with Crippen molar-refractivity contribution >= 4 is 0 Å². The molecular formula is C41H28O. The van der Waals surface area contributed by atoms with Gasteiger partial charge in [-0.25, -0.2) is 0 Å². The Kier molecular flexibility index (Phi) is 9.01. The molecule has 0 saturated heterocycles. The Bertz CT molecular complexity index is 1970. The van der Waals surface area contributed by atoms with Crippen LogP contribution in [0.1, 0.15) is 61.7 Å². The fourth-order valence-electron chi connectivity index (χ4n) is 4.26. The fraction of sp³-hybridized carbons (Fsp3) is 0.0732. The van der Waals surface area contributed by atoms with Crippen LogP contribution < -0.4 is 0 Å². The van der Waals surface area contributed by atoms with E-state index in [9.17, 15) is 5.11 Å². The van der Waals surface area contributed by atoms with E-state index in [1.807, 2.05) is 135 Å². The van der Waals surface area contributed by atoms with Crippen LogP contribution in [0.4, 0.5) is 0 Å². The Morgan fingerprint density at radius 1 is 0.429 bits per heavy atom. The lowest BCUT2D eigenvalue weighted by molar-refractivity contribution is 0.238. The first-order valence-corrected chi connectivity index (χ1v) is 13.7. The van der Waals surface area contributed by atoms with Crippen LogP contribution in [0.5, 0.6) is 0 Å². The summed E-state index contributed by atoms with van der Waals surface area (Å²) in [6, 6.07) is 39.3. The molecule has 1 unspecified atom stereocenters. The summed E-state index contributed by atoms with van der Waals surface area (Å²) in [7, 11) is 0. The average Bonchev–Trinajstić information content (AvgIpc) is 3.03. The molecule has 1 N–H and O–H groups in total. The van der Waals surface area contributed by atoms with Crippen molar-refractivity contribution in [3.8, 4) is 47.4 Å². The van der Waals surface area contributed by atoms with Crippen molar-refractivity contribution in [1.82, 2.24) is 0 Å². The maximum absolute atomic E-state index is 11.2. The van der Waals surface area contributed by atoms with Crippen molar-refractivity contribution in [2.75, 3.05) is 0 Å². The summed E-state index contributed by atoms with van der Waals surface area (Å²) < 4.78 is 0. The predicted molar refractivity (Wildman–Crippen MR) is 171 cm³/mol. The Morgan fingerprint density at radius 2 is 0.810 bits per heavy atom. The Hall–Kier alpha value is -5.70. The highest BCUT2D eigenvalue weighted by atomic mass is 16.3. The first-order valence-electron chi connectivity index (χ1n) is 13.7. The van der Waals surface area contributed by atoms with E-state index in [0.29, 0.717) is 5.56 Å². The maximum atomic E-state index is 11.2. The van der Waals surface area contributed by atoms with Crippen molar-refractivity contribution in [2.24, 2.45) is 0 Å². The van der Waals surface area contributed by atoms with Gasteiger partial charge in [-0.1, -0.05) is 114 Å². The number of aliphatic hydroxyl groups excluding tert-OH is 1. The first-order chi connectivity index (χ1) is 20.6. The predicted octanol–water partition coefficient (Wildman–Crippen LogP) is 7.59. The third-order valence-electron chi connectivity index (χ3n) is 6.72. The molecule has 0 radical (unpaired) electrons. The van der Waals surface area contributed by atoms with Crippen molar-refractivity contribution in [2.45, 2.75) is 20.0 Å². The molecule has 0 aliphatic heterocycles. The lowest BCUT2D eigenvalue weighted by Crippen LogP contribution is -2.00. The molecule has 0 heterocycles. The topological polar surface area (TPSA) is 20.2 Å². The van der Waals surface area contributed by atoms with E-state index < -0.39 is 6.10 Å². The summed E-state index contributed by atoms with van der Waals surface area (Å²) in [5, 5.41) is 11.2. The SMILES string of the molecule is Cc1cc(C#Cc2ccccc2C#Cc2ccccc2)c(C(O)C#Cc2ccccc2C#Cc2ccccc2)cc1C. The average molecular weight is 537 g/mol. The summed E-state index contributed by atoms with van der Waals surface area (Å²) in [5.41, 5.74) is 8.74. The molecule has 0 saturated carbocycles. The molecule has 198 valence electrons. The van der Waals surface area contributed by atoms with Gasteiger partial charge >= 0.3 is 0 Å². The van der Waals surface area contributed by atoms with Gasteiger partial charge in [0.05, 0.1) is 0 Å². The van der Waals surface area contributed by atoms with Gasteiger partial charge in [0.1, 0.15) is 6.10 Å². The highest BCUT2D eigenvalue weighted by molar-refractivity contribution is 5.58. The van der Waals surface area contributed by atoms with Gasteiger partial charge in [0.2, 0.25) is 0 Å². The van der Waals surface area contributed by atoms with Gasteiger partial charge in [0.25, 0.3) is 0 Å². The molecule has 0 amide bonds. The van der Waals surface area contributed by atoms with Gasteiger partial charge in [-0.2, -0.15) is 0 Å². The van der Waals surface area contributed by atoms with Crippen molar-refractivity contribution in [3.05, 3.63) is 177 Å². The van der Waals surface area contributed by atoms with Gasteiger partial charge in [0.15, 0.2) is 0 Å². The van der Waals surface area contributed by atoms with E-state index in [2.05, 4.69) is 47.4 Å². The van der Waals surface area contributed by atoms with Crippen molar-refractivity contribution in [3.63, 3.8) is 0 Å². The van der Waals surface area contributed by atoms with Gasteiger partial charge < -0.3 is 5.11 Å². The molecule has 5 rings (SSSR count). The van der Waals surface area contributed by atoms with Crippen LogP contribution in [0.25, 0.3) is 0 Å². The smallest absolute Gasteiger partial charge is 0.141 e. The summed E-state index contributed by atoms with van der Waals surface area (Å²) >= 11 is 0. The molecule has 0 aliphatic rings. The van der Waals surface area contributed by atoms with E-state index in [0.717, 1.165) is 50.1 Å². The second-order valence-corrected chi connectivity index (χ2v) is 9.77. The summed E-state index contributed by atoms with van der Waals surface area (Å²) in [6.07, 6.45) is -1.02. The van der Waals surface area contributed by atoms with Crippen molar-refractivity contribution < 1.29 is 5.11 Å². The number of benzene rings is 5. The Balaban J connectivity index is 1.46. The maximum Gasteiger partial charge on any atom is 0.141 e. The number of aliphatic hydroxyl groups is 1. The van der Waals surface area contributed by atoms with Crippen molar-refractivity contribution in [1.29, 1.82) is 0 Å². The monoisotopic (exact) mass is 536 g/mol.